The lowest BCUT2D eigenvalue weighted by atomic mass is 10.2. The second-order valence-corrected chi connectivity index (χ2v) is 6.04. The van der Waals surface area contributed by atoms with Crippen LogP contribution < -0.4 is 5.43 Å². The molecule has 2 aromatic carbocycles. The topological polar surface area (TPSA) is 61.7 Å². The number of nitrogens with zero attached hydrogens (tertiary/aromatic N) is 1. The number of phenols is 1. The molecule has 0 saturated carbocycles. The van der Waals surface area contributed by atoms with Crippen molar-refractivity contribution in [1.29, 1.82) is 0 Å². The van der Waals surface area contributed by atoms with Crippen molar-refractivity contribution in [2.45, 2.75) is 11.3 Å². The van der Waals surface area contributed by atoms with Gasteiger partial charge in [0.05, 0.1) is 6.21 Å². The number of thioether (sulfide) groups is 1. The summed E-state index contributed by atoms with van der Waals surface area (Å²) in [5, 5.41) is 13.7. The van der Waals surface area contributed by atoms with Crippen molar-refractivity contribution in [3.8, 4) is 5.75 Å². The first-order valence-electron chi connectivity index (χ1n) is 6.63. The van der Waals surface area contributed by atoms with Gasteiger partial charge in [0.1, 0.15) is 5.75 Å². The predicted octanol–water partition coefficient (Wildman–Crippen LogP) is 3.68. The van der Waals surface area contributed by atoms with E-state index in [2.05, 4.69) is 10.5 Å². The number of carbonyl (C=O) groups is 1. The van der Waals surface area contributed by atoms with E-state index in [1.54, 1.807) is 36.0 Å². The number of hydrogen-bond acceptors (Lipinski definition) is 4. The third-order valence-electron chi connectivity index (χ3n) is 2.71. The molecule has 1 amide bonds. The van der Waals surface area contributed by atoms with Gasteiger partial charge in [-0.15, -0.1) is 11.8 Å². The Labute approximate surface area is 138 Å². The van der Waals surface area contributed by atoms with Crippen molar-refractivity contribution < 1.29 is 9.90 Å². The van der Waals surface area contributed by atoms with E-state index in [0.717, 1.165) is 10.5 Å². The van der Waals surface area contributed by atoms with E-state index in [0.29, 0.717) is 17.2 Å². The molecule has 0 aliphatic carbocycles. The number of hydrazone groups is 1. The van der Waals surface area contributed by atoms with Gasteiger partial charge >= 0.3 is 0 Å². The zero-order valence-electron chi connectivity index (χ0n) is 11.7. The van der Waals surface area contributed by atoms with Gasteiger partial charge in [0.15, 0.2) is 0 Å². The molecule has 0 bridgehead atoms. The highest BCUT2D eigenvalue weighted by Gasteiger charge is 2.01. The van der Waals surface area contributed by atoms with Gasteiger partial charge in [-0.2, -0.15) is 5.10 Å². The fraction of sp³-hybridized carbons (Fsp3) is 0.125. The SMILES string of the molecule is O=C(CCSc1ccc(Cl)cc1)N/N=C/c1ccc(O)cc1. The molecule has 0 saturated heterocycles. The summed E-state index contributed by atoms with van der Waals surface area (Å²) < 4.78 is 0. The lowest BCUT2D eigenvalue weighted by molar-refractivity contribution is -0.120. The summed E-state index contributed by atoms with van der Waals surface area (Å²) in [5.41, 5.74) is 3.27. The summed E-state index contributed by atoms with van der Waals surface area (Å²) in [6, 6.07) is 14.0. The first-order chi connectivity index (χ1) is 10.6. The van der Waals surface area contributed by atoms with Crippen molar-refractivity contribution in [2.75, 3.05) is 5.75 Å². The minimum absolute atomic E-state index is 0.142. The zero-order valence-corrected chi connectivity index (χ0v) is 13.3. The van der Waals surface area contributed by atoms with Gasteiger partial charge in [0.25, 0.3) is 0 Å². The van der Waals surface area contributed by atoms with E-state index in [1.807, 2.05) is 24.3 Å². The van der Waals surface area contributed by atoms with Crippen molar-refractivity contribution >= 4 is 35.5 Å². The second-order valence-electron chi connectivity index (χ2n) is 4.44. The molecular weight excluding hydrogens is 320 g/mol. The molecule has 0 radical (unpaired) electrons. The molecule has 2 aromatic rings. The molecule has 6 heteroatoms. The molecule has 0 aliphatic rings. The van der Waals surface area contributed by atoms with Crippen molar-refractivity contribution in [3.05, 3.63) is 59.1 Å². The minimum Gasteiger partial charge on any atom is -0.508 e. The van der Waals surface area contributed by atoms with Crippen LogP contribution >= 0.6 is 23.4 Å². The molecule has 0 heterocycles. The summed E-state index contributed by atoms with van der Waals surface area (Å²) in [6.45, 7) is 0. The summed E-state index contributed by atoms with van der Waals surface area (Å²) in [7, 11) is 0. The van der Waals surface area contributed by atoms with Gasteiger partial charge in [-0.1, -0.05) is 11.6 Å². The Morgan fingerprint density at radius 3 is 2.55 bits per heavy atom. The highest BCUT2D eigenvalue weighted by Crippen LogP contribution is 2.20. The number of nitrogens with one attached hydrogen (secondary N) is 1. The van der Waals surface area contributed by atoms with Crippen LogP contribution in [0.4, 0.5) is 0 Å². The fourth-order valence-corrected chi connectivity index (χ4v) is 2.57. The van der Waals surface area contributed by atoms with E-state index < -0.39 is 0 Å². The van der Waals surface area contributed by atoms with Gasteiger partial charge in [0.2, 0.25) is 5.91 Å². The zero-order chi connectivity index (χ0) is 15.8. The van der Waals surface area contributed by atoms with Crippen molar-refractivity contribution in [2.24, 2.45) is 5.10 Å². The molecular formula is C16H15ClN2O2S. The van der Waals surface area contributed by atoms with Gasteiger partial charge in [-0.25, -0.2) is 5.43 Å². The number of carbonyl (C=O) groups excluding carboxylic acids is 1. The maximum atomic E-state index is 11.6. The molecule has 2 rings (SSSR count). The quantitative estimate of drug-likeness (QED) is 0.481. The number of hydrogen-bond donors (Lipinski definition) is 2. The van der Waals surface area contributed by atoms with E-state index in [4.69, 9.17) is 16.7 Å². The first kappa shape index (κ1) is 16.4. The lowest BCUT2D eigenvalue weighted by Gasteiger charge is -2.01. The summed E-state index contributed by atoms with van der Waals surface area (Å²) in [4.78, 5) is 12.7. The fourth-order valence-electron chi connectivity index (χ4n) is 1.59. The molecule has 0 spiro atoms. The number of aromatic hydroxyl groups is 1. The standard InChI is InChI=1S/C16H15ClN2O2S/c17-13-3-7-15(8-4-13)22-10-9-16(21)19-18-11-12-1-5-14(20)6-2-12/h1-8,11,20H,9-10H2,(H,19,21)/b18-11+. The number of rotatable bonds is 6. The lowest BCUT2D eigenvalue weighted by Crippen LogP contribution is -2.17. The Hall–Kier alpha value is -1.98. The normalized spacial score (nSPS) is 10.8. The van der Waals surface area contributed by atoms with Gasteiger partial charge in [-0.05, 0) is 54.1 Å². The molecule has 22 heavy (non-hydrogen) atoms. The first-order valence-corrected chi connectivity index (χ1v) is 7.99. The van der Waals surface area contributed by atoms with Crippen LogP contribution in [0.5, 0.6) is 5.75 Å². The third kappa shape index (κ3) is 5.79. The summed E-state index contributed by atoms with van der Waals surface area (Å²) in [6.07, 6.45) is 1.91. The largest absolute Gasteiger partial charge is 0.508 e. The van der Waals surface area contributed by atoms with E-state index in [-0.39, 0.29) is 11.7 Å². The Balaban J connectivity index is 1.69. The van der Waals surface area contributed by atoms with Crippen molar-refractivity contribution in [1.82, 2.24) is 5.43 Å². The third-order valence-corrected chi connectivity index (χ3v) is 3.97. The number of amides is 1. The van der Waals surface area contributed by atoms with E-state index >= 15 is 0 Å². The van der Waals surface area contributed by atoms with Crippen LogP contribution in [0.2, 0.25) is 5.02 Å². The summed E-state index contributed by atoms with van der Waals surface area (Å²) >= 11 is 7.40. The molecule has 0 aromatic heterocycles. The van der Waals surface area contributed by atoms with Crippen LogP contribution in [0.15, 0.2) is 58.5 Å². The Morgan fingerprint density at radius 2 is 1.86 bits per heavy atom. The maximum Gasteiger partial charge on any atom is 0.240 e. The van der Waals surface area contributed by atoms with Crippen LogP contribution in [0.3, 0.4) is 0 Å². The number of phenolic OH excluding ortho intramolecular Hbond substituents is 1. The van der Waals surface area contributed by atoms with Crippen LogP contribution in [-0.2, 0) is 4.79 Å². The molecule has 4 nitrogen and oxygen atoms in total. The van der Waals surface area contributed by atoms with E-state index in [9.17, 15) is 4.79 Å². The second kappa shape index (κ2) is 8.46. The van der Waals surface area contributed by atoms with Gasteiger partial charge in [0, 0.05) is 22.1 Å². The molecule has 0 atom stereocenters. The molecule has 0 aliphatic heterocycles. The minimum atomic E-state index is -0.142. The predicted molar refractivity (Wildman–Crippen MR) is 90.6 cm³/mol. The van der Waals surface area contributed by atoms with E-state index in [1.165, 1.54) is 6.21 Å². The average Bonchev–Trinajstić information content (AvgIpc) is 2.51. The summed E-state index contributed by atoms with van der Waals surface area (Å²) in [5.74, 6) is 0.722. The van der Waals surface area contributed by atoms with Crippen molar-refractivity contribution in [3.63, 3.8) is 0 Å². The molecule has 2 N–H and O–H groups in total. The van der Waals surface area contributed by atoms with Gasteiger partial charge in [-0.3, -0.25) is 4.79 Å². The number of benzene rings is 2. The monoisotopic (exact) mass is 334 g/mol. The Bertz CT molecular complexity index is 642. The molecule has 0 unspecified atom stereocenters. The molecule has 0 fully saturated rings. The van der Waals surface area contributed by atoms with Crippen LogP contribution in [0.1, 0.15) is 12.0 Å². The number of halogens is 1. The van der Waals surface area contributed by atoms with Crippen LogP contribution in [0.25, 0.3) is 0 Å². The van der Waals surface area contributed by atoms with Gasteiger partial charge < -0.3 is 5.11 Å². The molecule has 114 valence electrons. The Morgan fingerprint density at radius 1 is 1.18 bits per heavy atom. The van der Waals surface area contributed by atoms with Crippen LogP contribution in [0, 0.1) is 0 Å². The average molecular weight is 335 g/mol. The maximum absolute atomic E-state index is 11.6. The highest BCUT2D eigenvalue weighted by molar-refractivity contribution is 7.99. The highest BCUT2D eigenvalue weighted by atomic mass is 35.5. The Kier molecular flexibility index (Phi) is 6.30. The smallest absolute Gasteiger partial charge is 0.240 e. The van der Waals surface area contributed by atoms with Crippen LogP contribution in [-0.4, -0.2) is 23.0 Å².